The molecule has 4 aromatic heterocycles. The highest BCUT2D eigenvalue weighted by molar-refractivity contribution is 6.42. The summed E-state index contributed by atoms with van der Waals surface area (Å²) in [6.07, 6.45) is -1.92. The van der Waals surface area contributed by atoms with Gasteiger partial charge in [0.25, 0.3) is 0 Å². The minimum atomic E-state index is -2.93. The fraction of sp³-hybridized carbons (Fsp3) is 0.339. The number of para-hydroxylation sites is 2. The molecule has 0 spiro atoms. The van der Waals surface area contributed by atoms with Crippen LogP contribution in [0.3, 0.4) is 0 Å². The number of nitrogens with zero attached hydrogens (tertiary/aromatic N) is 5. The Kier molecular flexibility index (Phi) is 15.7. The second-order valence-corrected chi connectivity index (χ2v) is 19.3. The van der Waals surface area contributed by atoms with Crippen LogP contribution in [-0.2, 0) is 27.2 Å². The summed E-state index contributed by atoms with van der Waals surface area (Å²) in [5.74, 6) is 0.405. The number of hydrogen-bond donors (Lipinski definition) is 9. The van der Waals surface area contributed by atoms with Gasteiger partial charge in [-0.3, -0.25) is 8.63 Å². The highest BCUT2D eigenvalue weighted by Crippen LogP contribution is 2.42. The predicted octanol–water partition coefficient (Wildman–Crippen LogP) is 5.88. The predicted molar refractivity (Wildman–Crippen MR) is 285 cm³/mol. The van der Waals surface area contributed by atoms with Gasteiger partial charge in [-0.1, -0.05) is 79.7 Å². The van der Waals surface area contributed by atoms with Crippen LogP contribution in [0.5, 0.6) is 5.75 Å². The van der Waals surface area contributed by atoms with E-state index in [4.69, 9.17) is 23.9 Å². The molecule has 10 rings (SSSR count). The summed E-state index contributed by atoms with van der Waals surface area (Å²) in [6, 6.07) is 22.9. The minimum absolute atomic E-state index is 0.123. The summed E-state index contributed by atoms with van der Waals surface area (Å²) < 4.78 is 57.5. The first-order valence-electron chi connectivity index (χ1n) is 25.5. The molecule has 10 atom stereocenters. The molecule has 402 valence electrons. The number of ether oxygens (including phenoxy) is 4. The van der Waals surface area contributed by atoms with Gasteiger partial charge in [-0.05, 0) is 102 Å². The highest BCUT2D eigenvalue weighted by Gasteiger charge is 2.51. The Bertz CT molecular complexity index is 3410. The largest absolute Gasteiger partial charge is 0.678 e. The van der Waals surface area contributed by atoms with Gasteiger partial charge in [-0.15, -0.1) is 5.10 Å². The molecule has 7 aromatic rings. The number of benzene rings is 3. The van der Waals surface area contributed by atoms with Gasteiger partial charge in [-0.25, -0.2) is 9.67 Å². The molecule has 7 heterocycles. The Morgan fingerprint density at radius 3 is 2.03 bits per heavy atom. The van der Waals surface area contributed by atoms with Gasteiger partial charge in [0.15, 0.2) is 12.5 Å². The van der Waals surface area contributed by atoms with Crippen molar-refractivity contribution in [1.29, 1.82) is 0 Å². The van der Waals surface area contributed by atoms with E-state index in [-0.39, 0.29) is 12.3 Å². The minimum Gasteiger partial charge on any atom is -0.487 e. The van der Waals surface area contributed by atoms with E-state index in [1.165, 1.54) is 6.20 Å². The molecule has 0 unspecified atom stereocenters. The number of fused-ring (bicyclic) bond motifs is 2. The first-order valence-corrected chi connectivity index (χ1v) is 25.5. The van der Waals surface area contributed by atoms with Crippen molar-refractivity contribution in [2.24, 2.45) is 4.99 Å². The third-order valence-electron chi connectivity index (χ3n) is 14.8. The van der Waals surface area contributed by atoms with Gasteiger partial charge in [0.1, 0.15) is 66.9 Å². The van der Waals surface area contributed by atoms with Gasteiger partial charge in [0.05, 0.1) is 30.8 Å². The lowest BCUT2D eigenvalue weighted by Crippen LogP contribution is -2.63. The van der Waals surface area contributed by atoms with Gasteiger partial charge < -0.3 is 69.1 Å². The van der Waals surface area contributed by atoms with Crippen LogP contribution in [-0.4, -0.2) is 147 Å². The van der Waals surface area contributed by atoms with Gasteiger partial charge in [0, 0.05) is 51.2 Å². The molecule has 2 saturated heterocycles. The monoisotopic (exact) mass is 1060 g/mol. The van der Waals surface area contributed by atoms with Crippen LogP contribution in [0.25, 0.3) is 45.6 Å². The molecule has 0 amide bonds. The quantitative estimate of drug-likeness (QED) is 0.0484. The van der Waals surface area contributed by atoms with Crippen molar-refractivity contribution < 1.29 is 63.3 Å². The van der Waals surface area contributed by atoms with E-state index in [9.17, 15) is 35.7 Å². The maximum Gasteiger partial charge on any atom is 0.678 e. The lowest BCUT2D eigenvalue weighted by molar-refractivity contribution is -0.347. The number of nitrogens with one attached hydrogen (secondary N) is 2. The lowest BCUT2D eigenvalue weighted by atomic mass is 9.92. The normalized spacial score (nSPS) is 25.8. The number of rotatable bonds is 17. The molecule has 0 saturated carbocycles. The number of aliphatic hydroxyl groups is 7. The van der Waals surface area contributed by atoms with Crippen molar-refractivity contribution >= 4 is 58.7 Å². The lowest BCUT2D eigenvalue weighted by Gasteiger charge is -2.45. The molecule has 0 bridgehead atoms. The first-order chi connectivity index (χ1) is 37.2. The van der Waals surface area contributed by atoms with Crippen molar-refractivity contribution in [3.63, 3.8) is 0 Å². The Morgan fingerprint density at radius 2 is 1.40 bits per heavy atom. The number of aliphatic imine (C=N–C) groups is 1. The molecule has 9 N–H and O–H groups in total. The van der Waals surface area contributed by atoms with E-state index in [2.05, 4.69) is 27.2 Å². The van der Waals surface area contributed by atoms with Gasteiger partial charge in [0.2, 0.25) is 0 Å². The third-order valence-corrected chi connectivity index (χ3v) is 14.8. The number of allylic oxidation sites excluding steroid dienone is 3. The number of hydrogen-bond acceptors (Lipinski definition) is 14. The standard InChI is InChI=1S/C56H60BF2N7O11/c1-5-36-29(3)47(62-42(36)21-17-32-23-60-40-13-9-7-11-38(32)40)46(48-30(4)37(6-2)43(66(48)57(58)59)22-18-33-24-61-41-14-10-8-12-39(33)41)31-15-19-35(20-16-31)74-28-34-25-65(64-63-34)55-52(72)51(71)54(45(27-68)75-55)77-56-53(73)50(70)49(69)44(26-67)76-56/h7-25,44-45,49-56,60-61,67-73H,5-6,26-28H2,1-4H3/b21-17+,22-18+,47-46-/t44-,45-,49+,50+,51-,52-,53-,54-,55-,56+/m1/s1. The van der Waals surface area contributed by atoms with E-state index in [0.29, 0.717) is 52.4 Å². The zero-order valence-electron chi connectivity index (χ0n) is 42.6. The molecule has 2 fully saturated rings. The Labute approximate surface area is 441 Å². The second-order valence-electron chi connectivity index (χ2n) is 19.3. The average molecular weight is 1060 g/mol. The summed E-state index contributed by atoms with van der Waals surface area (Å²) in [4.78, 5) is 11.9. The summed E-state index contributed by atoms with van der Waals surface area (Å²) in [6.45, 7) is 6.31. The molecule has 18 nitrogen and oxygen atoms in total. The number of aromatic nitrogens is 6. The van der Waals surface area contributed by atoms with Crippen LogP contribution >= 0.6 is 0 Å². The summed E-state index contributed by atoms with van der Waals surface area (Å²) >= 11 is 0. The zero-order valence-corrected chi connectivity index (χ0v) is 42.6. The SMILES string of the molecule is CCC1=C(C)/C(=C(\c2ccc(OCc3cn([C@@H]4O[C@H](CO)[C@@H](O[C@@H]5O[C@H](CO)[C@H](O)[C@H](O)[C@H]5O)[C@H](O)[C@H]4O)nn3)cc2)c2c(C)c(CC)c(/C=C/c3c[nH]c4ccccc34)n2B(F)F)N=C1/C=C/c1c[nH]c2ccccc12. The maximum atomic E-state index is 16.0. The van der Waals surface area contributed by atoms with E-state index < -0.39 is 82.0 Å². The van der Waals surface area contributed by atoms with Crippen molar-refractivity contribution in [2.45, 2.75) is 108 Å². The fourth-order valence-corrected chi connectivity index (χ4v) is 10.7. The topological polar surface area (TPSA) is 258 Å². The molecule has 77 heavy (non-hydrogen) atoms. The smallest absolute Gasteiger partial charge is 0.487 e. The first kappa shape index (κ1) is 53.5. The molecule has 3 aliphatic heterocycles. The average Bonchev–Trinajstić information content (AvgIpc) is 4.35. The molecule has 3 aromatic carbocycles. The van der Waals surface area contributed by atoms with E-state index in [1.807, 2.05) is 112 Å². The van der Waals surface area contributed by atoms with E-state index in [0.717, 1.165) is 64.5 Å². The van der Waals surface area contributed by atoms with Crippen molar-refractivity contribution in [2.75, 3.05) is 13.2 Å². The molecular formula is C56H60BF2N7O11. The number of halogens is 2. The van der Waals surface area contributed by atoms with Crippen molar-refractivity contribution in [1.82, 2.24) is 29.4 Å². The van der Waals surface area contributed by atoms with Crippen LogP contribution in [0, 0.1) is 6.92 Å². The maximum absolute atomic E-state index is 16.0. The zero-order chi connectivity index (χ0) is 54.2. The number of H-pyrrole nitrogens is 2. The molecule has 3 aliphatic rings. The Balaban J connectivity index is 0.951. The Hall–Kier alpha value is -6.89. The third kappa shape index (κ3) is 10.2. The molecular weight excluding hydrogens is 995 g/mol. The number of aliphatic hydroxyl groups excluding tert-OH is 7. The molecule has 0 radical (unpaired) electrons. The van der Waals surface area contributed by atoms with Crippen LogP contribution in [0.15, 0.2) is 119 Å². The van der Waals surface area contributed by atoms with Crippen LogP contribution in [0.1, 0.15) is 78.3 Å². The van der Waals surface area contributed by atoms with Crippen LogP contribution in [0.2, 0.25) is 0 Å². The van der Waals surface area contributed by atoms with Crippen LogP contribution in [0.4, 0.5) is 8.63 Å². The van der Waals surface area contributed by atoms with Crippen molar-refractivity contribution in [3.8, 4) is 5.75 Å². The summed E-state index contributed by atoms with van der Waals surface area (Å²) in [5.41, 5.74) is 10.5. The fourth-order valence-electron chi connectivity index (χ4n) is 10.7. The summed E-state index contributed by atoms with van der Waals surface area (Å²) in [5, 5.41) is 83.5. The van der Waals surface area contributed by atoms with E-state index >= 15 is 8.63 Å². The van der Waals surface area contributed by atoms with Gasteiger partial charge >= 0.3 is 7.40 Å². The number of aromatic amines is 2. The van der Waals surface area contributed by atoms with E-state index in [1.54, 1.807) is 18.2 Å². The summed E-state index contributed by atoms with van der Waals surface area (Å²) in [7, 11) is -2.93. The molecule has 21 heteroatoms. The second kappa shape index (κ2) is 22.6. The van der Waals surface area contributed by atoms with Crippen molar-refractivity contribution in [3.05, 3.63) is 159 Å². The Morgan fingerprint density at radius 1 is 0.753 bits per heavy atom. The molecule has 0 aliphatic carbocycles. The van der Waals surface area contributed by atoms with Crippen LogP contribution < -0.4 is 4.74 Å². The van der Waals surface area contributed by atoms with Gasteiger partial charge in [-0.2, -0.15) is 0 Å². The highest BCUT2D eigenvalue weighted by atomic mass is 19.2.